The lowest BCUT2D eigenvalue weighted by molar-refractivity contribution is -0.384. The lowest BCUT2D eigenvalue weighted by atomic mass is 9.99. The van der Waals surface area contributed by atoms with Crippen molar-refractivity contribution in [2.24, 2.45) is 0 Å². The number of carbonyl (C=O) groups is 1. The number of nitro groups is 1. The first-order chi connectivity index (χ1) is 12.5. The van der Waals surface area contributed by atoms with Gasteiger partial charge in [-0.3, -0.25) is 19.5 Å². The number of oxazole rings is 1. The zero-order chi connectivity index (χ0) is 18.7. The maximum Gasteiger partial charge on any atom is 0.419 e. The Bertz CT molecular complexity index is 869. The van der Waals surface area contributed by atoms with E-state index in [1.165, 1.54) is 29.2 Å². The first kappa shape index (κ1) is 18.2. The first-order valence-corrected chi connectivity index (χ1v) is 9.08. The van der Waals surface area contributed by atoms with E-state index in [9.17, 15) is 19.7 Å². The summed E-state index contributed by atoms with van der Waals surface area (Å²) in [5.41, 5.74) is 0.583. The highest BCUT2D eigenvalue weighted by Gasteiger charge is 2.24. The number of amides is 1. The molecule has 3 rings (SSSR count). The lowest BCUT2D eigenvalue weighted by Crippen LogP contribution is -2.43. The van der Waals surface area contributed by atoms with Gasteiger partial charge >= 0.3 is 5.76 Å². The van der Waals surface area contributed by atoms with E-state index < -0.39 is 10.7 Å². The van der Waals surface area contributed by atoms with Crippen LogP contribution in [0.1, 0.15) is 45.4 Å². The van der Waals surface area contributed by atoms with Crippen molar-refractivity contribution in [1.29, 1.82) is 0 Å². The highest BCUT2D eigenvalue weighted by atomic mass is 16.6. The average molecular weight is 361 g/mol. The van der Waals surface area contributed by atoms with Crippen LogP contribution in [-0.4, -0.2) is 32.9 Å². The summed E-state index contributed by atoms with van der Waals surface area (Å²) in [5, 5.41) is 10.8. The number of nitro benzene ring substituents is 1. The molecule has 1 aromatic heterocycles. The predicted molar refractivity (Wildman–Crippen MR) is 96.0 cm³/mol. The van der Waals surface area contributed by atoms with E-state index in [2.05, 4.69) is 6.92 Å². The molecule has 1 amide bonds. The van der Waals surface area contributed by atoms with Gasteiger partial charge in [-0.15, -0.1) is 0 Å². The number of fused-ring (bicyclic) bond motifs is 1. The van der Waals surface area contributed by atoms with E-state index in [4.69, 9.17) is 4.42 Å². The Kier molecular flexibility index (Phi) is 5.39. The zero-order valence-electron chi connectivity index (χ0n) is 14.8. The van der Waals surface area contributed by atoms with Crippen molar-refractivity contribution in [3.05, 3.63) is 38.9 Å². The van der Waals surface area contributed by atoms with Crippen molar-refractivity contribution in [2.45, 2.75) is 58.0 Å². The van der Waals surface area contributed by atoms with Gasteiger partial charge in [-0.2, -0.15) is 0 Å². The summed E-state index contributed by atoms with van der Waals surface area (Å²) in [4.78, 5) is 36.8. The van der Waals surface area contributed by atoms with Crippen LogP contribution in [0.3, 0.4) is 0 Å². The van der Waals surface area contributed by atoms with Gasteiger partial charge in [-0.25, -0.2) is 4.79 Å². The van der Waals surface area contributed by atoms with E-state index in [1.54, 1.807) is 0 Å². The number of carbonyl (C=O) groups excluding carboxylic acids is 1. The van der Waals surface area contributed by atoms with Crippen LogP contribution in [0.5, 0.6) is 0 Å². The molecule has 2 heterocycles. The Morgan fingerprint density at radius 3 is 2.92 bits per heavy atom. The normalized spacial score (nSPS) is 17.6. The number of rotatable bonds is 6. The molecule has 0 saturated carbocycles. The summed E-state index contributed by atoms with van der Waals surface area (Å²) in [7, 11) is 0. The fourth-order valence-corrected chi connectivity index (χ4v) is 3.67. The molecular weight excluding hydrogens is 338 g/mol. The second kappa shape index (κ2) is 7.72. The molecule has 8 nitrogen and oxygen atoms in total. The minimum Gasteiger partial charge on any atom is -0.407 e. The van der Waals surface area contributed by atoms with Crippen LogP contribution in [0.2, 0.25) is 0 Å². The van der Waals surface area contributed by atoms with E-state index >= 15 is 0 Å². The molecule has 0 spiro atoms. The maximum atomic E-state index is 12.5. The molecule has 0 N–H and O–H groups in total. The van der Waals surface area contributed by atoms with E-state index in [0.29, 0.717) is 30.9 Å². The second-order valence-electron chi connectivity index (χ2n) is 6.68. The number of hydrogen-bond acceptors (Lipinski definition) is 5. The van der Waals surface area contributed by atoms with Crippen molar-refractivity contribution in [3.63, 3.8) is 0 Å². The molecule has 1 saturated heterocycles. The number of piperidine rings is 1. The van der Waals surface area contributed by atoms with E-state index in [-0.39, 0.29) is 17.2 Å². The summed E-state index contributed by atoms with van der Waals surface area (Å²) >= 11 is 0. The van der Waals surface area contributed by atoms with Crippen LogP contribution in [0.25, 0.3) is 11.1 Å². The molecule has 26 heavy (non-hydrogen) atoms. The van der Waals surface area contributed by atoms with Crippen LogP contribution in [0, 0.1) is 10.1 Å². The highest BCUT2D eigenvalue weighted by molar-refractivity contribution is 5.77. The third kappa shape index (κ3) is 3.63. The average Bonchev–Trinajstić information content (AvgIpc) is 2.96. The minimum absolute atomic E-state index is 0.121. The predicted octanol–water partition coefficient (Wildman–Crippen LogP) is 3.07. The summed E-state index contributed by atoms with van der Waals surface area (Å²) in [5.74, 6) is -0.426. The Labute approximate surface area is 150 Å². The number of likely N-dealkylation sites (tertiary alicyclic amines) is 1. The Hall–Kier alpha value is -2.64. The van der Waals surface area contributed by atoms with E-state index in [0.717, 1.165) is 25.8 Å². The molecule has 2 aromatic rings. The van der Waals surface area contributed by atoms with Crippen LogP contribution >= 0.6 is 0 Å². The molecule has 1 unspecified atom stereocenters. The number of aryl methyl sites for hydroxylation is 1. The van der Waals surface area contributed by atoms with Gasteiger partial charge in [0.1, 0.15) is 0 Å². The van der Waals surface area contributed by atoms with Gasteiger partial charge in [0.2, 0.25) is 5.91 Å². The fraction of sp³-hybridized carbons (Fsp3) is 0.556. The van der Waals surface area contributed by atoms with Gasteiger partial charge in [0.25, 0.3) is 5.69 Å². The molecule has 1 atom stereocenters. The third-order valence-electron chi connectivity index (χ3n) is 5.05. The van der Waals surface area contributed by atoms with Crippen LogP contribution < -0.4 is 5.76 Å². The standard InChI is InChI=1S/C18H23N3O5/c1-2-13-6-3-4-10-19(13)17(22)7-5-11-20-15-9-8-14(21(24)25)12-16(15)26-18(20)23/h8-9,12-13H,2-7,10-11H2,1H3. The van der Waals surface area contributed by atoms with Gasteiger partial charge in [0.05, 0.1) is 16.5 Å². The Morgan fingerprint density at radius 2 is 2.19 bits per heavy atom. The van der Waals surface area contributed by atoms with Crippen molar-refractivity contribution >= 4 is 22.7 Å². The molecule has 0 aliphatic carbocycles. The molecule has 140 valence electrons. The topological polar surface area (TPSA) is 98.6 Å². The third-order valence-corrected chi connectivity index (χ3v) is 5.05. The van der Waals surface area contributed by atoms with E-state index in [1.807, 2.05) is 4.90 Å². The first-order valence-electron chi connectivity index (χ1n) is 9.08. The van der Waals surface area contributed by atoms with Gasteiger partial charge in [0, 0.05) is 31.6 Å². The molecule has 8 heteroatoms. The lowest BCUT2D eigenvalue weighted by Gasteiger charge is -2.35. The van der Waals surface area contributed by atoms with Gasteiger partial charge < -0.3 is 9.32 Å². The van der Waals surface area contributed by atoms with Crippen molar-refractivity contribution in [1.82, 2.24) is 9.47 Å². The molecule has 1 aliphatic rings. The quantitative estimate of drug-likeness (QED) is 0.581. The van der Waals surface area contributed by atoms with Crippen molar-refractivity contribution in [2.75, 3.05) is 6.54 Å². The number of non-ortho nitro benzene ring substituents is 1. The molecule has 0 radical (unpaired) electrons. The van der Waals surface area contributed by atoms with Gasteiger partial charge in [0.15, 0.2) is 5.58 Å². The summed E-state index contributed by atoms with van der Waals surface area (Å²) < 4.78 is 6.54. The van der Waals surface area contributed by atoms with Crippen LogP contribution in [-0.2, 0) is 11.3 Å². The molecule has 0 bridgehead atoms. The largest absolute Gasteiger partial charge is 0.419 e. The summed E-state index contributed by atoms with van der Waals surface area (Å²) in [6, 6.07) is 4.43. The number of aromatic nitrogens is 1. The highest BCUT2D eigenvalue weighted by Crippen LogP contribution is 2.22. The molecule has 1 aliphatic heterocycles. The Morgan fingerprint density at radius 1 is 1.38 bits per heavy atom. The maximum absolute atomic E-state index is 12.5. The van der Waals surface area contributed by atoms with Gasteiger partial charge in [-0.05, 0) is 38.2 Å². The monoisotopic (exact) mass is 361 g/mol. The number of nitrogens with zero attached hydrogens (tertiary/aromatic N) is 3. The van der Waals surface area contributed by atoms with Crippen molar-refractivity contribution in [3.8, 4) is 0 Å². The minimum atomic E-state index is -0.558. The smallest absolute Gasteiger partial charge is 0.407 e. The van der Waals surface area contributed by atoms with Crippen LogP contribution in [0.15, 0.2) is 27.4 Å². The summed E-state index contributed by atoms with van der Waals surface area (Å²) in [6.45, 7) is 3.27. The Balaban J connectivity index is 1.66. The molecule has 1 aromatic carbocycles. The zero-order valence-corrected chi connectivity index (χ0v) is 14.8. The van der Waals surface area contributed by atoms with Gasteiger partial charge in [-0.1, -0.05) is 6.92 Å². The SMILES string of the molecule is CCC1CCCCN1C(=O)CCCn1c(=O)oc2cc([N+](=O)[O-])ccc21. The number of benzene rings is 1. The van der Waals surface area contributed by atoms with Crippen LogP contribution in [0.4, 0.5) is 5.69 Å². The summed E-state index contributed by atoms with van der Waals surface area (Å²) in [6.07, 6.45) is 5.15. The molecule has 1 fully saturated rings. The second-order valence-corrected chi connectivity index (χ2v) is 6.68. The van der Waals surface area contributed by atoms with Crippen molar-refractivity contribution < 1.29 is 14.1 Å². The fourth-order valence-electron chi connectivity index (χ4n) is 3.67. The molecular formula is C18H23N3O5. The number of hydrogen-bond donors (Lipinski definition) is 0.